The van der Waals surface area contributed by atoms with Gasteiger partial charge in [-0.25, -0.2) is 14.6 Å². The van der Waals surface area contributed by atoms with Crippen molar-refractivity contribution in [2.24, 2.45) is 0 Å². The Morgan fingerprint density at radius 1 is 1.10 bits per heavy atom. The molecule has 2 fully saturated rings. The third-order valence-electron chi connectivity index (χ3n) is 9.09. The van der Waals surface area contributed by atoms with Crippen molar-refractivity contribution < 1.29 is 18.9 Å². The molecule has 1 saturated carbocycles. The molecular weight excluding hydrogens is 636 g/mol. The Kier molecular flexibility index (Phi) is 11.0. The second kappa shape index (κ2) is 15.6. The first kappa shape index (κ1) is 34.0. The molecule has 3 aromatic heterocycles. The Labute approximate surface area is 286 Å². The molecule has 1 atom stereocenters. The molecule has 6 rings (SSSR count). The Balaban J connectivity index is 1.17. The number of halogens is 1. The van der Waals surface area contributed by atoms with Crippen LogP contribution in [0.3, 0.4) is 0 Å². The van der Waals surface area contributed by atoms with Crippen molar-refractivity contribution in [1.29, 1.82) is 0 Å². The van der Waals surface area contributed by atoms with Gasteiger partial charge in [-0.05, 0) is 75.1 Å². The fourth-order valence-electron chi connectivity index (χ4n) is 6.12. The molecule has 48 heavy (non-hydrogen) atoms. The highest BCUT2D eigenvalue weighted by atomic mass is 35.5. The van der Waals surface area contributed by atoms with Crippen LogP contribution in [0.4, 0.5) is 11.6 Å². The smallest absolute Gasteiger partial charge is 0.256 e. The van der Waals surface area contributed by atoms with Crippen molar-refractivity contribution in [2.75, 3.05) is 45.3 Å². The Morgan fingerprint density at radius 2 is 1.90 bits per heavy atom. The number of nitrogens with zero attached hydrogens (tertiary/aromatic N) is 9. The average Bonchev–Trinajstić information content (AvgIpc) is 3.76. The van der Waals surface area contributed by atoms with Gasteiger partial charge >= 0.3 is 0 Å². The first-order valence-corrected chi connectivity index (χ1v) is 17.0. The Hall–Kier alpha value is -3.85. The first-order chi connectivity index (χ1) is 23.3. The molecule has 1 saturated heterocycles. The zero-order valence-electron chi connectivity index (χ0n) is 28.1. The van der Waals surface area contributed by atoms with E-state index in [4.69, 9.17) is 40.6 Å². The van der Waals surface area contributed by atoms with E-state index in [2.05, 4.69) is 35.4 Å². The van der Waals surface area contributed by atoms with Crippen LogP contribution in [0.2, 0.25) is 5.02 Å². The summed E-state index contributed by atoms with van der Waals surface area (Å²) in [7, 11) is 1.71. The van der Waals surface area contributed by atoms with Crippen LogP contribution in [-0.2, 0) is 16.0 Å². The number of morpholine rings is 1. The number of tetrazole rings is 1. The molecular formula is C33H45ClN10O4. The summed E-state index contributed by atoms with van der Waals surface area (Å²) in [6.45, 7) is 10.6. The lowest BCUT2D eigenvalue weighted by atomic mass is 9.90. The highest BCUT2D eigenvalue weighted by Gasteiger charge is 2.29. The summed E-state index contributed by atoms with van der Waals surface area (Å²) in [5, 5.41) is 20.1. The number of hydrogen-bond donors (Lipinski definition) is 1. The van der Waals surface area contributed by atoms with Crippen LogP contribution >= 0.6 is 11.6 Å². The predicted octanol–water partition coefficient (Wildman–Crippen LogP) is 5.20. The van der Waals surface area contributed by atoms with Crippen molar-refractivity contribution in [3.8, 4) is 22.9 Å². The number of ether oxygens (including phenoxy) is 4. The largest absolute Gasteiger partial charge is 0.487 e. The number of hydrogen-bond acceptors (Lipinski definition) is 12. The van der Waals surface area contributed by atoms with Gasteiger partial charge in [0.2, 0.25) is 5.95 Å². The van der Waals surface area contributed by atoms with Crippen LogP contribution in [0.25, 0.3) is 11.3 Å². The summed E-state index contributed by atoms with van der Waals surface area (Å²) in [5.74, 6) is 1.49. The SMILES string of the molecule is COC(C)(C)CCOc1nn(C2CCC(N3CCOCC3)CC2)cc1Nc1nccc(-c2ccc(Cl)c(O[C@@H](C)Cn3cnnn3)c2)n1. The topological polar surface area (TPSA) is 139 Å². The Morgan fingerprint density at radius 3 is 2.65 bits per heavy atom. The lowest BCUT2D eigenvalue weighted by molar-refractivity contribution is 0.00409. The number of benzene rings is 1. The molecule has 1 aliphatic heterocycles. The third kappa shape index (κ3) is 8.78. The molecule has 1 aromatic carbocycles. The maximum atomic E-state index is 6.50. The third-order valence-corrected chi connectivity index (χ3v) is 9.40. The van der Waals surface area contributed by atoms with Crippen LogP contribution in [-0.4, -0.2) is 103 Å². The van der Waals surface area contributed by atoms with Gasteiger partial charge in [-0.1, -0.05) is 17.7 Å². The highest BCUT2D eigenvalue weighted by Crippen LogP contribution is 2.36. The van der Waals surface area contributed by atoms with E-state index in [0.29, 0.717) is 65.6 Å². The van der Waals surface area contributed by atoms with E-state index >= 15 is 0 Å². The Bertz CT molecular complexity index is 1600. The molecule has 4 aromatic rings. The van der Waals surface area contributed by atoms with E-state index in [0.717, 1.165) is 57.6 Å². The van der Waals surface area contributed by atoms with Crippen molar-refractivity contribution >= 4 is 23.2 Å². The van der Waals surface area contributed by atoms with Crippen LogP contribution < -0.4 is 14.8 Å². The van der Waals surface area contributed by atoms with E-state index < -0.39 is 0 Å². The maximum Gasteiger partial charge on any atom is 0.256 e. The molecule has 258 valence electrons. The zero-order valence-corrected chi connectivity index (χ0v) is 28.8. The zero-order chi connectivity index (χ0) is 33.5. The molecule has 14 nitrogen and oxygen atoms in total. The minimum absolute atomic E-state index is 0.220. The van der Waals surface area contributed by atoms with Crippen LogP contribution in [0.15, 0.2) is 43.0 Å². The van der Waals surface area contributed by atoms with E-state index in [1.807, 2.05) is 45.2 Å². The van der Waals surface area contributed by atoms with E-state index in [-0.39, 0.29) is 11.7 Å². The molecule has 4 heterocycles. The van der Waals surface area contributed by atoms with Crippen molar-refractivity contribution in [2.45, 2.75) is 83.2 Å². The second-order valence-corrected chi connectivity index (χ2v) is 13.4. The van der Waals surface area contributed by atoms with E-state index in [9.17, 15) is 0 Å². The maximum absolute atomic E-state index is 6.50. The van der Waals surface area contributed by atoms with Gasteiger partial charge in [-0.15, -0.1) is 10.2 Å². The minimum atomic E-state index is -0.308. The quantitative estimate of drug-likeness (QED) is 0.187. The molecule has 0 radical (unpaired) electrons. The molecule has 1 N–H and O–H groups in total. The molecule has 0 spiro atoms. The number of methoxy groups -OCH3 is 1. The van der Waals surface area contributed by atoms with Crippen LogP contribution in [0.1, 0.15) is 58.9 Å². The van der Waals surface area contributed by atoms with Gasteiger partial charge in [-0.3, -0.25) is 9.58 Å². The predicted molar refractivity (Wildman–Crippen MR) is 181 cm³/mol. The van der Waals surface area contributed by atoms with Crippen LogP contribution in [0.5, 0.6) is 11.6 Å². The number of nitrogens with one attached hydrogen (secondary N) is 1. The molecule has 1 aliphatic carbocycles. The number of aromatic nitrogens is 8. The standard InChI is InChI=1S/C33H45ClN10O4/c1-23(20-43-22-36-40-41-43)48-30-19-24(5-10-27(30)34)28-11-13-35-32(37-28)38-29-21-44(39-31(29)47-16-12-33(2,3)45-4)26-8-6-25(7-9-26)42-14-17-46-18-15-42/h5,10-11,13,19,21-23,25-26H,6-9,12,14-18,20H2,1-4H3,(H,35,37,38)/t23-,25?,26?/m0/s1. The van der Waals surface area contributed by atoms with E-state index in [1.54, 1.807) is 30.4 Å². The van der Waals surface area contributed by atoms with Gasteiger partial charge in [0.05, 0.1) is 54.9 Å². The van der Waals surface area contributed by atoms with E-state index in [1.165, 1.54) is 0 Å². The summed E-state index contributed by atoms with van der Waals surface area (Å²) in [6.07, 6.45) is 10.2. The van der Waals surface area contributed by atoms with Crippen molar-refractivity contribution in [3.63, 3.8) is 0 Å². The van der Waals surface area contributed by atoms with Gasteiger partial charge in [0.15, 0.2) is 0 Å². The van der Waals surface area contributed by atoms with Crippen molar-refractivity contribution in [1.82, 2.24) is 44.9 Å². The summed E-state index contributed by atoms with van der Waals surface area (Å²) in [4.78, 5) is 11.9. The van der Waals surface area contributed by atoms with Crippen LogP contribution in [0, 0.1) is 0 Å². The molecule has 0 unspecified atom stereocenters. The van der Waals surface area contributed by atoms with Gasteiger partial charge in [0.1, 0.15) is 23.9 Å². The number of anilines is 2. The van der Waals surface area contributed by atoms with Gasteiger partial charge in [0.25, 0.3) is 5.88 Å². The average molecular weight is 681 g/mol. The summed E-state index contributed by atoms with van der Waals surface area (Å²) >= 11 is 6.50. The fraction of sp³-hybridized carbons (Fsp3) is 0.576. The molecule has 15 heteroatoms. The minimum Gasteiger partial charge on any atom is -0.487 e. The van der Waals surface area contributed by atoms with Gasteiger partial charge in [0, 0.05) is 44.4 Å². The lowest BCUT2D eigenvalue weighted by Gasteiger charge is -2.38. The van der Waals surface area contributed by atoms with Gasteiger partial charge in [-0.2, -0.15) is 0 Å². The first-order valence-electron chi connectivity index (χ1n) is 16.6. The molecule has 0 amide bonds. The fourth-order valence-corrected chi connectivity index (χ4v) is 6.28. The summed E-state index contributed by atoms with van der Waals surface area (Å²) < 4.78 is 27.2. The lowest BCUT2D eigenvalue weighted by Crippen LogP contribution is -2.45. The summed E-state index contributed by atoms with van der Waals surface area (Å²) in [5.41, 5.74) is 1.95. The monoisotopic (exact) mass is 680 g/mol. The number of rotatable bonds is 14. The van der Waals surface area contributed by atoms with Crippen molar-refractivity contribution in [3.05, 3.63) is 48.0 Å². The molecule has 2 aliphatic rings. The summed E-state index contributed by atoms with van der Waals surface area (Å²) in [6, 6.07) is 8.33. The second-order valence-electron chi connectivity index (χ2n) is 13.0. The van der Waals surface area contributed by atoms with Gasteiger partial charge < -0.3 is 24.3 Å². The molecule has 0 bridgehead atoms. The highest BCUT2D eigenvalue weighted by molar-refractivity contribution is 6.32. The normalized spacial score (nSPS) is 19.6.